The van der Waals surface area contributed by atoms with Crippen molar-refractivity contribution >= 4 is 33.5 Å². The Hall–Kier alpha value is -3.65. The first-order valence-corrected chi connectivity index (χ1v) is 10.6. The quantitative estimate of drug-likeness (QED) is 0.427. The summed E-state index contributed by atoms with van der Waals surface area (Å²) >= 11 is 3.40. The van der Waals surface area contributed by atoms with Crippen LogP contribution in [0.25, 0.3) is 16.9 Å². The monoisotopic (exact) mass is 475 g/mol. The molecule has 8 heteroatoms. The summed E-state index contributed by atoms with van der Waals surface area (Å²) in [6.45, 7) is 0.355. The lowest BCUT2D eigenvalue weighted by molar-refractivity contribution is 0.257. The number of urea groups is 1. The molecule has 0 unspecified atom stereocenters. The fraction of sp³-hybridized carbons (Fsp3) is 0.0870. The number of pyridine rings is 1. The first-order chi connectivity index (χ1) is 15.1. The fourth-order valence-electron chi connectivity index (χ4n) is 3.69. The van der Waals surface area contributed by atoms with Crippen LogP contribution in [0.15, 0.2) is 77.4 Å². The molecule has 0 spiro atoms. The van der Waals surface area contributed by atoms with Crippen molar-refractivity contribution in [2.75, 3.05) is 16.8 Å². The van der Waals surface area contributed by atoms with Crippen LogP contribution in [0.4, 0.5) is 16.3 Å². The summed E-state index contributed by atoms with van der Waals surface area (Å²) < 4.78 is 2.46. The van der Waals surface area contributed by atoms with E-state index >= 15 is 0 Å². The molecule has 154 valence electrons. The number of aromatic nitrogens is 3. The van der Waals surface area contributed by atoms with Crippen LogP contribution in [-0.4, -0.2) is 32.4 Å². The van der Waals surface area contributed by atoms with Crippen molar-refractivity contribution < 1.29 is 9.90 Å². The third-order valence-corrected chi connectivity index (χ3v) is 5.71. The second-order valence-corrected chi connectivity index (χ2v) is 8.03. The second-order valence-electron chi connectivity index (χ2n) is 7.11. The van der Waals surface area contributed by atoms with Gasteiger partial charge in [0.15, 0.2) is 0 Å². The highest BCUT2D eigenvalue weighted by molar-refractivity contribution is 9.10. The van der Waals surface area contributed by atoms with E-state index in [1.54, 1.807) is 17.2 Å². The minimum Gasteiger partial charge on any atom is -0.493 e. The van der Waals surface area contributed by atoms with Gasteiger partial charge in [-0.25, -0.2) is 14.5 Å². The number of rotatable bonds is 2. The Bertz CT molecular complexity index is 1250. The summed E-state index contributed by atoms with van der Waals surface area (Å²) in [5, 5.41) is 18.5. The summed E-state index contributed by atoms with van der Waals surface area (Å²) in [6, 6.07) is 20.2. The summed E-state index contributed by atoms with van der Waals surface area (Å²) in [6.07, 6.45) is 2.09. The molecule has 1 aliphatic rings. The van der Waals surface area contributed by atoms with Crippen LogP contribution in [0.2, 0.25) is 0 Å². The van der Waals surface area contributed by atoms with E-state index in [-0.39, 0.29) is 11.9 Å². The van der Waals surface area contributed by atoms with Gasteiger partial charge in [0.05, 0.1) is 5.69 Å². The lowest BCUT2D eigenvalue weighted by atomic mass is 10.1. The molecule has 0 atom stereocenters. The minimum absolute atomic E-state index is 0.0752. The molecule has 0 saturated heterocycles. The molecule has 4 aromatic rings. The van der Waals surface area contributed by atoms with Crippen LogP contribution >= 0.6 is 15.9 Å². The van der Waals surface area contributed by atoms with E-state index in [4.69, 9.17) is 0 Å². The zero-order chi connectivity index (χ0) is 21.4. The number of nitrogens with one attached hydrogen (secondary N) is 1. The molecule has 2 aromatic heterocycles. The first kappa shape index (κ1) is 19.3. The number of carbonyl (C=O) groups is 1. The average Bonchev–Trinajstić information content (AvgIpc) is 3.03. The molecule has 1 aliphatic heterocycles. The van der Waals surface area contributed by atoms with Crippen molar-refractivity contribution in [3.63, 3.8) is 0 Å². The number of benzene rings is 2. The summed E-state index contributed by atoms with van der Waals surface area (Å²) in [5.74, 6) is 0.583. The molecule has 2 amide bonds. The molecule has 0 aliphatic carbocycles. The highest BCUT2D eigenvalue weighted by Crippen LogP contribution is 2.39. The highest BCUT2D eigenvalue weighted by Gasteiger charge is 2.30. The van der Waals surface area contributed by atoms with Crippen LogP contribution in [0, 0.1) is 0 Å². The molecule has 7 nitrogen and oxygen atoms in total. The molecular formula is C23H18BrN5O2. The molecule has 5 rings (SSSR count). The number of para-hydroxylation sites is 1. The predicted molar refractivity (Wildman–Crippen MR) is 123 cm³/mol. The largest absolute Gasteiger partial charge is 0.493 e. The van der Waals surface area contributed by atoms with Gasteiger partial charge in [0.25, 0.3) is 0 Å². The molecule has 0 fully saturated rings. The maximum atomic E-state index is 13.1. The summed E-state index contributed by atoms with van der Waals surface area (Å²) in [7, 11) is 0. The van der Waals surface area contributed by atoms with Crippen molar-refractivity contribution in [3.05, 3.63) is 83.0 Å². The number of carbonyl (C=O) groups excluding carboxylic acids is 1. The molecule has 2 N–H and O–H groups in total. The van der Waals surface area contributed by atoms with Gasteiger partial charge in [-0.15, -0.1) is 0 Å². The number of nitrogens with zero attached hydrogens (tertiary/aromatic N) is 4. The van der Waals surface area contributed by atoms with Crippen LogP contribution in [-0.2, 0) is 6.42 Å². The molecular weight excluding hydrogens is 458 g/mol. The maximum Gasteiger partial charge on any atom is 0.327 e. The van der Waals surface area contributed by atoms with E-state index in [1.807, 2.05) is 60.7 Å². The third kappa shape index (κ3) is 3.55. The van der Waals surface area contributed by atoms with Crippen LogP contribution in [0.5, 0.6) is 5.88 Å². The molecule has 0 saturated carbocycles. The van der Waals surface area contributed by atoms with Gasteiger partial charge in [-0.2, -0.15) is 5.10 Å². The SMILES string of the molecule is O=C(Nc1ccc(Br)cc1)N1CCc2c(nn(-c3ccccc3)c2O)-c2cccnc21. The molecule has 31 heavy (non-hydrogen) atoms. The Morgan fingerprint density at radius 1 is 1.03 bits per heavy atom. The zero-order valence-corrected chi connectivity index (χ0v) is 18.0. The Balaban J connectivity index is 1.54. The number of fused-ring (bicyclic) bond motifs is 3. The van der Waals surface area contributed by atoms with Gasteiger partial charge in [-0.1, -0.05) is 34.1 Å². The lowest BCUT2D eigenvalue weighted by Gasteiger charge is -2.22. The number of hydrogen-bond donors (Lipinski definition) is 2. The lowest BCUT2D eigenvalue weighted by Crippen LogP contribution is -2.36. The zero-order valence-electron chi connectivity index (χ0n) is 16.4. The smallest absolute Gasteiger partial charge is 0.327 e. The summed E-state index contributed by atoms with van der Waals surface area (Å²) in [5.41, 5.74) is 3.47. The van der Waals surface area contributed by atoms with E-state index in [0.29, 0.717) is 41.3 Å². The van der Waals surface area contributed by atoms with E-state index in [1.165, 1.54) is 4.68 Å². The number of hydrogen-bond acceptors (Lipinski definition) is 4. The number of amides is 2. The van der Waals surface area contributed by atoms with Gasteiger partial charge in [-0.3, -0.25) is 4.90 Å². The van der Waals surface area contributed by atoms with Gasteiger partial charge in [-0.05, 0) is 55.0 Å². The number of halogens is 1. The summed E-state index contributed by atoms with van der Waals surface area (Å²) in [4.78, 5) is 19.2. The topological polar surface area (TPSA) is 83.3 Å². The third-order valence-electron chi connectivity index (χ3n) is 5.18. The van der Waals surface area contributed by atoms with Crippen molar-refractivity contribution in [1.82, 2.24) is 14.8 Å². The second kappa shape index (κ2) is 7.88. The van der Waals surface area contributed by atoms with Crippen molar-refractivity contribution in [2.24, 2.45) is 0 Å². The van der Waals surface area contributed by atoms with Gasteiger partial charge < -0.3 is 10.4 Å². The first-order valence-electron chi connectivity index (χ1n) is 9.77. The van der Waals surface area contributed by atoms with Gasteiger partial charge in [0.1, 0.15) is 11.5 Å². The fourth-order valence-corrected chi connectivity index (χ4v) is 3.95. The van der Waals surface area contributed by atoms with Crippen molar-refractivity contribution in [3.8, 4) is 22.8 Å². The Morgan fingerprint density at radius 2 is 1.81 bits per heavy atom. The van der Waals surface area contributed by atoms with Gasteiger partial charge in [0, 0.05) is 34.0 Å². The average molecular weight is 476 g/mol. The van der Waals surface area contributed by atoms with Crippen LogP contribution in [0.3, 0.4) is 0 Å². The standard InChI is InChI=1S/C23H18BrN5O2/c24-15-8-10-16(11-9-15)26-23(31)28-14-12-19-20(18-7-4-13-25-21(18)28)27-29(22(19)30)17-5-2-1-3-6-17/h1-11,13,30H,12,14H2,(H,26,31). The van der Waals surface area contributed by atoms with Crippen LogP contribution in [0.1, 0.15) is 5.56 Å². The Morgan fingerprint density at radius 3 is 2.58 bits per heavy atom. The highest BCUT2D eigenvalue weighted by atomic mass is 79.9. The predicted octanol–water partition coefficient (Wildman–Crippen LogP) is 5.00. The van der Waals surface area contributed by atoms with Crippen molar-refractivity contribution in [1.29, 1.82) is 0 Å². The maximum absolute atomic E-state index is 13.1. The Kier molecular flexibility index (Phi) is 4.91. The molecule has 2 aromatic carbocycles. The van der Waals surface area contributed by atoms with Gasteiger partial charge >= 0.3 is 6.03 Å². The molecule has 0 bridgehead atoms. The van der Waals surface area contributed by atoms with Crippen molar-refractivity contribution in [2.45, 2.75) is 6.42 Å². The van der Waals surface area contributed by atoms with E-state index in [2.05, 4.69) is 31.3 Å². The molecule has 3 heterocycles. The minimum atomic E-state index is -0.289. The van der Waals surface area contributed by atoms with E-state index in [0.717, 1.165) is 10.2 Å². The van der Waals surface area contributed by atoms with E-state index < -0.39 is 0 Å². The Labute approximate surface area is 187 Å². The van der Waals surface area contributed by atoms with E-state index in [9.17, 15) is 9.90 Å². The van der Waals surface area contributed by atoms with Gasteiger partial charge in [0.2, 0.25) is 5.88 Å². The normalized spacial score (nSPS) is 12.6. The number of aromatic hydroxyl groups is 1. The van der Waals surface area contributed by atoms with Crippen LogP contribution < -0.4 is 10.2 Å². The number of anilines is 2. The molecule has 0 radical (unpaired) electrons.